The quantitative estimate of drug-likeness (QED) is 0.222. The number of ether oxygens (including phenoxy) is 1. The first-order valence-corrected chi connectivity index (χ1v) is 15.2. The lowest BCUT2D eigenvalue weighted by atomic mass is 10.0. The molecule has 0 aliphatic heterocycles. The molecule has 1 atom stereocenters. The van der Waals surface area contributed by atoms with Gasteiger partial charge in [-0.3, -0.25) is 4.79 Å². The third-order valence-electron chi connectivity index (χ3n) is 6.25. The number of aliphatic hydroxyl groups is 1. The van der Waals surface area contributed by atoms with Gasteiger partial charge in [0.25, 0.3) is 5.91 Å². The van der Waals surface area contributed by atoms with Crippen molar-refractivity contribution in [3.8, 4) is 16.9 Å². The first kappa shape index (κ1) is 30.3. The van der Waals surface area contributed by atoms with Gasteiger partial charge in [-0.2, -0.15) is 0 Å². The molecule has 0 heterocycles. The lowest BCUT2D eigenvalue weighted by Gasteiger charge is -2.16. The number of sulfonamides is 1. The van der Waals surface area contributed by atoms with Gasteiger partial charge in [-0.25, -0.2) is 13.1 Å². The average molecular weight is 553 g/mol. The number of carbonyl (C=O) groups is 1. The number of carbonyl (C=O) groups excluding carboxylic acids is 1. The third-order valence-corrected chi connectivity index (χ3v) is 7.58. The summed E-state index contributed by atoms with van der Waals surface area (Å²) in [5, 5.41) is 13.6. The third kappa shape index (κ3) is 9.80. The molecular formula is C31H40N2O5S. The molecule has 3 aromatic rings. The number of unbranched alkanes of at least 4 members (excludes halogenated alkanes) is 2. The molecule has 0 spiro atoms. The fraction of sp³-hybridized carbons (Fsp3) is 0.387. The van der Waals surface area contributed by atoms with E-state index in [2.05, 4.69) is 22.2 Å². The first-order chi connectivity index (χ1) is 18.7. The van der Waals surface area contributed by atoms with Gasteiger partial charge in [0.1, 0.15) is 5.75 Å². The van der Waals surface area contributed by atoms with Crippen molar-refractivity contribution in [2.75, 3.05) is 18.8 Å². The van der Waals surface area contributed by atoms with Crippen molar-refractivity contribution < 1.29 is 23.1 Å². The van der Waals surface area contributed by atoms with Crippen LogP contribution in [0.2, 0.25) is 0 Å². The van der Waals surface area contributed by atoms with E-state index in [4.69, 9.17) is 4.74 Å². The Kier molecular flexibility index (Phi) is 11.5. The van der Waals surface area contributed by atoms with Crippen molar-refractivity contribution in [3.63, 3.8) is 0 Å². The van der Waals surface area contributed by atoms with Crippen LogP contribution in [-0.2, 0) is 16.4 Å². The fourth-order valence-electron chi connectivity index (χ4n) is 4.16. The smallest absolute Gasteiger partial charge is 0.268 e. The van der Waals surface area contributed by atoms with Gasteiger partial charge in [-0.1, -0.05) is 80.4 Å². The molecule has 0 aliphatic rings. The second-order valence-corrected chi connectivity index (χ2v) is 11.8. The van der Waals surface area contributed by atoms with Crippen molar-refractivity contribution >= 4 is 15.9 Å². The van der Waals surface area contributed by atoms with E-state index in [1.807, 2.05) is 63.2 Å². The minimum Gasteiger partial charge on any atom is -0.490 e. The van der Waals surface area contributed by atoms with E-state index in [9.17, 15) is 18.3 Å². The normalized spacial score (nSPS) is 12.3. The van der Waals surface area contributed by atoms with E-state index < -0.39 is 22.0 Å². The molecule has 3 N–H and O–H groups in total. The molecule has 0 radical (unpaired) electrons. The van der Waals surface area contributed by atoms with Gasteiger partial charge >= 0.3 is 0 Å². The molecule has 1 amide bonds. The summed E-state index contributed by atoms with van der Waals surface area (Å²) in [5.41, 5.74) is 4.06. The zero-order valence-corrected chi connectivity index (χ0v) is 23.8. The lowest BCUT2D eigenvalue weighted by Crippen LogP contribution is -2.33. The maximum absolute atomic E-state index is 12.8. The SMILES string of the molecule is CCCCCS(=O)(=O)NC(=O)c1ccc(-c2ccc(CCNC[C@@H](O)c3ccccc3)cc2)cc1OC(C)C. The Morgan fingerprint density at radius 3 is 2.31 bits per heavy atom. The van der Waals surface area contributed by atoms with Crippen LogP contribution in [0.5, 0.6) is 5.75 Å². The van der Waals surface area contributed by atoms with Crippen molar-refractivity contribution in [2.45, 2.75) is 58.7 Å². The zero-order valence-electron chi connectivity index (χ0n) is 23.0. The van der Waals surface area contributed by atoms with Crippen LogP contribution < -0.4 is 14.8 Å². The van der Waals surface area contributed by atoms with Gasteiger partial charge in [0.2, 0.25) is 10.0 Å². The summed E-state index contributed by atoms with van der Waals surface area (Å²) in [6.45, 7) is 6.93. The van der Waals surface area contributed by atoms with E-state index in [1.165, 1.54) is 0 Å². The van der Waals surface area contributed by atoms with Crippen LogP contribution in [0.4, 0.5) is 0 Å². The predicted molar refractivity (Wildman–Crippen MR) is 156 cm³/mol. The maximum atomic E-state index is 12.8. The molecule has 8 heteroatoms. The Balaban J connectivity index is 1.63. The van der Waals surface area contributed by atoms with Gasteiger partial charge < -0.3 is 15.2 Å². The highest BCUT2D eigenvalue weighted by atomic mass is 32.2. The van der Waals surface area contributed by atoms with Crippen LogP contribution in [0.25, 0.3) is 11.1 Å². The van der Waals surface area contributed by atoms with Gasteiger partial charge in [-0.05, 0) is 67.6 Å². The highest BCUT2D eigenvalue weighted by molar-refractivity contribution is 7.90. The van der Waals surface area contributed by atoms with Crippen molar-refractivity contribution in [3.05, 3.63) is 89.5 Å². The second-order valence-electron chi connectivity index (χ2n) is 9.91. The Labute approximate surface area is 232 Å². The summed E-state index contributed by atoms with van der Waals surface area (Å²) in [5.74, 6) is -0.427. The molecule has 7 nitrogen and oxygen atoms in total. The topological polar surface area (TPSA) is 105 Å². The largest absolute Gasteiger partial charge is 0.490 e. The van der Waals surface area contributed by atoms with E-state index >= 15 is 0 Å². The average Bonchev–Trinajstić information content (AvgIpc) is 2.91. The molecule has 3 aromatic carbocycles. The molecule has 0 aromatic heterocycles. The minimum atomic E-state index is -3.72. The van der Waals surface area contributed by atoms with Crippen LogP contribution in [0.1, 0.15) is 67.6 Å². The molecule has 39 heavy (non-hydrogen) atoms. The van der Waals surface area contributed by atoms with Crippen LogP contribution >= 0.6 is 0 Å². The summed E-state index contributed by atoms with van der Waals surface area (Å²) >= 11 is 0. The van der Waals surface area contributed by atoms with Crippen molar-refractivity contribution in [1.82, 2.24) is 10.0 Å². The second kappa shape index (κ2) is 14.8. The summed E-state index contributed by atoms with van der Waals surface area (Å²) in [6.07, 6.45) is 2.28. The number of amides is 1. The zero-order chi connectivity index (χ0) is 28.3. The number of aliphatic hydroxyl groups excluding tert-OH is 1. The minimum absolute atomic E-state index is 0.0828. The van der Waals surface area contributed by atoms with Crippen molar-refractivity contribution in [1.29, 1.82) is 0 Å². The molecule has 0 fully saturated rings. The van der Waals surface area contributed by atoms with E-state index in [1.54, 1.807) is 18.2 Å². The van der Waals surface area contributed by atoms with E-state index in [-0.39, 0.29) is 17.4 Å². The summed E-state index contributed by atoms with van der Waals surface area (Å²) in [7, 11) is -3.72. The number of nitrogens with one attached hydrogen (secondary N) is 2. The summed E-state index contributed by atoms with van der Waals surface area (Å²) < 4.78 is 32.8. The number of benzene rings is 3. The molecule has 210 valence electrons. The van der Waals surface area contributed by atoms with Gasteiger partial charge in [0.05, 0.1) is 23.5 Å². The van der Waals surface area contributed by atoms with Crippen LogP contribution in [0, 0.1) is 0 Å². The van der Waals surface area contributed by atoms with Crippen molar-refractivity contribution in [2.24, 2.45) is 0 Å². The Bertz CT molecular complexity index is 1290. The van der Waals surface area contributed by atoms with Crippen LogP contribution in [0.15, 0.2) is 72.8 Å². The molecular weight excluding hydrogens is 512 g/mol. The Hall–Kier alpha value is -3.20. The number of rotatable bonds is 15. The van der Waals surface area contributed by atoms with Gasteiger partial charge in [0, 0.05) is 6.54 Å². The highest BCUT2D eigenvalue weighted by Crippen LogP contribution is 2.29. The predicted octanol–water partition coefficient (Wildman–Crippen LogP) is 5.26. The van der Waals surface area contributed by atoms with E-state index in [0.717, 1.165) is 48.1 Å². The monoisotopic (exact) mass is 552 g/mol. The molecule has 3 rings (SSSR count). The molecule has 0 saturated heterocycles. The number of hydrogen-bond acceptors (Lipinski definition) is 6. The van der Waals surface area contributed by atoms with Gasteiger partial charge in [0.15, 0.2) is 0 Å². The molecule has 0 bridgehead atoms. The summed E-state index contributed by atoms with van der Waals surface area (Å²) in [6, 6.07) is 22.9. The van der Waals surface area contributed by atoms with Crippen LogP contribution in [0.3, 0.4) is 0 Å². The Morgan fingerprint density at radius 2 is 1.64 bits per heavy atom. The van der Waals surface area contributed by atoms with Gasteiger partial charge in [-0.15, -0.1) is 0 Å². The highest BCUT2D eigenvalue weighted by Gasteiger charge is 2.20. The Morgan fingerprint density at radius 1 is 0.949 bits per heavy atom. The molecule has 0 unspecified atom stereocenters. The number of hydrogen-bond donors (Lipinski definition) is 3. The first-order valence-electron chi connectivity index (χ1n) is 13.6. The fourth-order valence-corrected chi connectivity index (χ4v) is 5.24. The maximum Gasteiger partial charge on any atom is 0.268 e. The van der Waals surface area contributed by atoms with Crippen LogP contribution in [-0.4, -0.2) is 44.4 Å². The standard InChI is InChI=1S/C31H40N2O5S/c1-4-5-9-20-39(36,37)33-31(35)28-17-16-27(21-30(28)38-23(2)3)25-14-12-24(13-15-25)18-19-32-22-29(34)26-10-7-6-8-11-26/h6-8,10-17,21,23,29,32,34H,4-5,9,18-20,22H2,1-3H3,(H,33,35)/t29-/m1/s1. The van der Waals surface area contributed by atoms with E-state index in [0.29, 0.717) is 18.7 Å². The molecule has 0 aliphatic carbocycles. The lowest BCUT2D eigenvalue weighted by molar-refractivity contribution is 0.0975. The molecule has 0 saturated carbocycles. The summed E-state index contributed by atoms with van der Waals surface area (Å²) in [4.78, 5) is 12.8.